The van der Waals surface area contributed by atoms with Gasteiger partial charge >= 0.3 is 0 Å². The average molecular weight is 247 g/mol. The van der Waals surface area contributed by atoms with Gasteiger partial charge in [0, 0.05) is 11.1 Å². The highest BCUT2D eigenvalue weighted by molar-refractivity contribution is 6.29. The first-order valence-corrected chi connectivity index (χ1v) is 5.78. The third-order valence-corrected chi connectivity index (χ3v) is 3.10. The summed E-state index contributed by atoms with van der Waals surface area (Å²) in [5.74, 6) is 0.835. The van der Waals surface area contributed by atoms with Crippen LogP contribution in [0.4, 0.5) is 0 Å². The molecule has 0 saturated carbocycles. The van der Waals surface area contributed by atoms with Gasteiger partial charge in [-0.2, -0.15) is 0 Å². The van der Waals surface area contributed by atoms with Crippen LogP contribution in [0, 0.1) is 0 Å². The van der Waals surface area contributed by atoms with Crippen molar-refractivity contribution in [1.82, 2.24) is 10.2 Å². The van der Waals surface area contributed by atoms with E-state index in [-0.39, 0.29) is 0 Å². The van der Waals surface area contributed by atoms with Crippen LogP contribution in [0.15, 0.2) is 30.3 Å². The summed E-state index contributed by atoms with van der Waals surface area (Å²) in [4.78, 5) is 0. The molecule has 0 saturated heterocycles. The normalized spacial score (nSPS) is 15.7. The standard InChI is InChI=1S/C13H11ClN2O/c1-13(2)9-7-11(14)15-16-12(9)8-5-3-4-6-10(8)17-13/h3-7H,1-2H3. The Labute approximate surface area is 104 Å². The molecule has 1 aromatic heterocycles. The number of aromatic nitrogens is 2. The SMILES string of the molecule is CC1(C)Oc2ccccc2-c2nnc(Cl)cc21. The number of hydrogen-bond acceptors (Lipinski definition) is 3. The van der Waals surface area contributed by atoms with Crippen LogP contribution in [0.2, 0.25) is 5.15 Å². The van der Waals surface area contributed by atoms with Gasteiger partial charge in [0.25, 0.3) is 0 Å². The Kier molecular flexibility index (Phi) is 2.13. The molecule has 0 amide bonds. The second kappa shape index (κ2) is 3.44. The van der Waals surface area contributed by atoms with E-state index in [1.807, 2.05) is 44.2 Å². The number of para-hydroxylation sites is 1. The predicted octanol–water partition coefficient (Wildman–Crippen LogP) is 3.42. The summed E-state index contributed by atoms with van der Waals surface area (Å²) < 4.78 is 5.97. The molecule has 4 heteroatoms. The van der Waals surface area contributed by atoms with E-state index in [1.54, 1.807) is 0 Å². The topological polar surface area (TPSA) is 35.0 Å². The van der Waals surface area contributed by atoms with Crippen molar-refractivity contribution >= 4 is 11.6 Å². The lowest BCUT2D eigenvalue weighted by molar-refractivity contribution is 0.105. The van der Waals surface area contributed by atoms with E-state index in [4.69, 9.17) is 16.3 Å². The monoisotopic (exact) mass is 246 g/mol. The molecule has 0 bridgehead atoms. The Morgan fingerprint density at radius 2 is 1.94 bits per heavy atom. The maximum Gasteiger partial charge on any atom is 0.152 e. The van der Waals surface area contributed by atoms with E-state index in [2.05, 4.69) is 10.2 Å². The molecule has 0 radical (unpaired) electrons. The first-order valence-electron chi connectivity index (χ1n) is 5.40. The van der Waals surface area contributed by atoms with Gasteiger partial charge in [0.15, 0.2) is 5.15 Å². The molecule has 0 unspecified atom stereocenters. The molecule has 0 aliphatic carbocycles. The highest BCUT2D eigenvalue weighted by Gasteiger charge is 2.33. The molecular formula is C13H11ClN2O. The van der Waals surface area contributed by atoms with Crippen LogP contribution in [0.25, 0.3) is 11.3 Å². The van der Waals surface area contributed by atoms with Gasteiger partial charge in [-0.15, -0.1) is 10.2 Å². The van der Waals surface area contributed by atoms with Crippen molar-refractivity contribution in [2.45, 2.75) is 19.4 Å². The number of fused-ring (bicyclic) bond motifs is 3. The molecular weight excluding hydrogens is 236 g/mol. The Morgan fingerprint density at radius 1 is 1.18 bits per heavy atom. The summed E-state index contributed by atoms with van der Waals surface area (Å²) in [7, 11) is 0. The highest BCUT2D eigenvalue weighted by atomic mass is 35.5. The van der Waals surface area contributed by atoms with Gasteiger partial charge in [-0.05, 0) is 32.0 Å². The van der Waals surface area contributed by atoms with Crippen LogP contribution >= 0.6 is 11.6 Å². The second-order valence-corrected chi connectivity index (χ2v) is 4.93. The summed E-state index contributed by atoms with van der Waals surface area (Å²) in [5, 5.41) is 8.50. The lowest BCUT2D eigenvalue weighted by Gasteiger charge is -2.33. The minimum absolute atomic E-state index is 0.389. The predicted molar refractivity (Wildman–Crippen MR) is 66.1 cm³/mol. The summed E-state index contributed by atoms with van der Waals surface area (Å²) in [6, 6.07) is 9.64. The molecule has 0 N–H and O–H groups in total. The highest BCUT2D eigenvalue weighted by Crippen LogP contribution is 2.43. The smallest absolute Gasteiger partial charge is 0.152 e. The van der Waals surface area contributed by atoms with Gasteiger partial charge in [-0.3, -0.25) is 0 Å². The van der Waals surface area contributed by atoms with Crippen molar-refractivity contribution in [2.24, 2.45) is 0 Å². The zero-order valence-electron chi connectivity index (χ0n) is 9.57. The Balaban J connectivity index is 2.33. The van der Waals surface area contributed by atoms with Crippen LogP contribution in [0.1, 0.15) is 19.4 Å². The van der Waals surface area contributed by atoms with Gasteiger partial charge in [0.2, 0.25) is 0 Å². The van der Waals surface area contributed by atoms with E-state index in [0.717, 1.165) is 22.6 Å². The van der Waals surface area contributed by atoms with E-state index >= 15 is 0 Å². The number of hydrogen-bond donors (Lipinski definition) is 0. The van der Waals surface area contributed by atoms with Crippen molar-refractivity contribution in [1.29, 1.82) is 0 Å². The maximum atomic E-state index is 5.97. The average Bonchev–Trinajstić information content (AvgIpc) is 2.29. The van der Waals surface area contributed by atoms with Crippen molar-refractivity contribution in [3.8, 4) is 17.0 Å². The second-order valence-electron chi connectivity index (χ2n) is 4.54. The van der Waals surface area contributed by atoms with Gasteiger partial charge < -0.3 is 4.74 Å². The molecule has 1 aliphatic rings. The summed E-state index contributed by atoms with van der Waals surface area (Å²) in [5.41, 5.74) is 2.34. The first-order chi connectivity index (χ1) is 8.08. The summed E-state index contributed by atoms with van der Waals surface area (Å²) >= 11 is 5.90. The molecule has 0 atom stereocenters. The number of ether oxygens (including phenoxy) is 1. The molecule has 86 valence electrons. The molecule has 3 nitrogen and oxygen atoms in total. The lowest BCUT2D eigenvalue weighted by Crippen LogP contribution is -2.30. The fraction of sp³-hybridized carbons (Fsp3) is 0.231. The van der Waals surface area contributed by atoms with Crippen LogP contribution in [0.3, 0.4) is 0 Å². The molecule has 1 aliphatic heterocycles. The van der Waals surface area contributed by atoms with Crippen molar-refractivity contribution in [3.63, 3.8) is 0 Å². The first kappa shape index (κ1) is 10.5. The number of nitrogens with zero attached hydrogens (tertiary/aromatic N) is 2. The van der Waals surface area contributed by atoms with Crippen LogP contribution < -0.4 is 4.74 Å². The third-order valence-electron chi connectivity index (χ3n) is 2.92. The molecule has 17 heavy (non-hydrogen) atoms. The fourth-order valence-corrected chi connectivity index (χ4v) is 2.25. The maximum absolute atomic E-state index is 5.97. The van der Waals surface area contributed by atoms with Crippen molar-refractivity contribution < 1.29 is 4.74 Å². The van der Waals surface area contributed by atoms with Crippen molar-refractivity contribution in [2.75, 3.05) is 0 Å². The van der Waals surface area contributed by atoms with Gasteiger partial charge in [-0.1, -0.05) is 23.7 Å². The van der Waals surface area contributed by atoms with Crippen LogP contribution in [-0.2, 0) is 5.60 Å². The lowest BCUT2D eigenvalue weighted by atomic mass is 9.90. The Hall–Kier alpha value is -1.61. The van der Waals surface area contributed by atoms with Gasteiger partial charge in [0.05, 0.1) is 0 Å². The molecule has 0 fully saturated rings. The molecule has 1 aromatic carbocycles. The molecule has 0 spiro atoms. The Bertz CT molecular complexity index is 596. The van der Waals surface area contributed by atoms with Crippen LogP contribution in [0.5, 0.6) is 5.75 Å². The van der Waals surface area contributed by atoms with Gasteiger partial charge in [0.1, 0.15) is 17.0 Å². The molecule has 2 aromatic rings. The molecule has 3 rings (SSSR count). The van der Waals surface area contributed by atoms with Gasteiger partial charge in [-0.25, -0.2) is 0 Å². The number of rotatable bonds is 0. The number of benzene rings is 1. The van der Waals surface area contributed by atoms with Crippen LogP contribution in [-0.4, -0.2) is 10.2 Å². The van der Waals surface area contributed by atoms with E-state index in [1.165, 1.54) is 0 Å². The van der Waals surface area contributed by atoms with Crippen molar-refractivity contribution in [3.05, 3.63) is 41.0 Å². The summed E-state index contributed by atoms with van der Waals surface area (Å²) in [6.07, 6.45) is 0. The molecule has 2 heterocycles. The minimum Gasteiger partial charge on any atom is -0.482 e. The Morgan fingerprint density at radius 3 is 2.76 bits per heavy atom. The summed E-state index contributed by atoms with van der Waals surface area (Å²) in [6.45, 7) is 4.00. The van der Waals surface area contributed by atoms with E-state index in [9.17, 15) is 0 Å². The number of halogens is 1. The fourth-order valence-electron chi connectivity index (χ4n) is 2.11. The zero-order valence-corrected chi connectivity index (χ0v) is 10.3. The third kappa shape index (κ3) is 1.58. The van der Waals surface area contributed by atoms with E-state index < -0.39 is 5.60 Å². The minimum atomic E-state index is -0.441. The quantitative estimate of drug-likeness (QED) is 0.714. The van der Waals surface area contributed by atoms with E-state index in [0.29, 0.717) is 5.15 Å². The zero-order chi connectivity index (χ0) is 12.0. The largest absolute Gasteiger partial charge is 0.482 e.